The summed E-state index contributed by atoms with van der Waals surface area (Å²) in [5, 5.41) is 17.9. The molecule has 1 aromatic carbocycles. The van der Waals surface area contributed by atoms with Crippen LogP contribution >= 0.6 is 0 Å². The van der Waals surface area contributed by atoms with Crippen LogP contribution in [0.1, 0.15) is 25.8 Å². The number of rotatable bonds is 4. The molecule has 0 aromatic heterocycles. The molecule has 1 fully saturated rings. The molecule has 3 atom stereocenters. The smallest absolute Gasteiger partial charge is 0.308 e. The topological polar surface area (TPSA) is 90.6 Å². The molecule has 0 radical (unpaired) electrons. The fraction of sp³-hybridized carbons (Fsp3) is 0.471. The van der Waals surface area contributed by atoms with Gasteiger partial charge in [0.15, 0.2) is 6.10 Å². The Morgan fingerprint density at radius 2 is 2.00 bits per heavy atom. The maximum atomic E-state index is 12.5. The van der Waals surface area contributed by atoms with E-state index in [1.165, 1.54) is 0 Å². The van der Waals surface area contributed by atoms with Crippen LogP contribution < -0.4 is 4.74 Å². The van der Waals surface area contributed by atoms with Crippen molar-refractivity contribution >= 4 is 11.9 Å². The van der Waals surface area contributed by atoms with E-state index in [4.69, 9.17) is 10.00 Å². The minimum absolute atomic E-state index is 0.149. The maximum Gasteiger partial charge on any atom is 0.308 e. The monoisotopic (exact) mass is 316 g/mol. The summed E-state index contributed by atoms with van der Waals surface area (Å²) in [4.78, 5) is 25.3. The summed E-state index contributed by atoms with van der Waals surface area (Å²) < 4.78 is 5.61. The number of carboxylic acid groups (broad SMARTS) is 1. The van der Waals surface area contributed by atoms with Gasteiger partial charge in [-0.3, -0.25) is 9.59 Å². The van der Waals surface area contributed by atoms with Gasteiger partial charge >= 0.3 is 5.97 Å². The largest absolute Gasteiger partial charge is 0.481 e. The zero-order valence-electron chi connectivity index (χ0n) is 13.2. The molecule has 6 heteroatoms. The number of nitrogens with zero attached hydrogens (tertiary/aromatic N) is 2. The molecule has 0 saturated carbocycles. The van der Waals surface area contributed by atoms with Crippen LogP contribution in [-0.2, 0) is 9.59 Å². The van der Waals surface area contributed by atoms with Crippen molar-refractivity contribution in [1.82, 2.24) is 4.90 Å². The van der Waals surface area contributed by atoms with Crippen LogP contribution in [0, 0.1) is 23.2 Å². The van der Waals surface area contributed by atoms with E-state index in [1.807, 2.05) is 13.0 Å². The summed E-state index contributed by atoms with van der Waals surface area (Å²) in [6.07, 6.45) is -0.119. The highest BCUT2D eigenvalue weighted by Gasteiger charge is 2.34. The third-order valence-electron chi connectivity index (χ3n) is 3.96. The van der Waals surface area contributed by atoms with Gasteiger partial charge in [0.1, 0.15) is 5.75 Å². The molecule has 23 heavy (non-hydrogen) atoms. The van der Waals surface area contributed by atoms with E-state index in [2.05, 4.69) is 0 Å². The molecule has 1 N–H and O–H groups in total. The summed E-state index contributed by atoms with van der Waals surface area (Å²) in [6.45, 7) is 4.36. The van der Waals surface area contributed by atoms with Crippen molar-refractivity contribution < 1.29 is 19.4 Å². The van der Waals surface area contributed by atoms with Gasteiger partial charge in [-0.25, -0.2) is 0 Å². The molecule has 0 spiro atoms. The zero-order chi connectivity index (χ0) is 17.0. The fourth-order valence-electron chi connectivity index (χ4n) is 2.83. The van der Waals surface area contributed by atoms with Crippen LogP contribution in [0.4, 0.5) is 0 Å². The molecular weight excluding hydrogens is 296 g/mol. The molecule has 1 aliphatic rings. The van der Waals surface area contributed by atoms with E-state index in [-0.39, 0.29) is 18.4 Å². The second-order valence-electron chi connectivity index (χ2n) is 6.02. The highest BCUT2D eigenvalue weighted by atomic mass is 16.5. The molecule has 1 heterocycles. The van der Waals surface area contributed by atoms with E-state index >= 15 is 0 Å². The van der Waals surface area contributed by atoms with E-state index in [0.29, 0.717) is 24.3 Å². The van der Waals surface area contributed by atoms with Crippen LogP contribution in [0.15, 0.2) is 24.3 Å². The van der Waals surface area contributed by atoms with Crippen molar-refractivity contribution in [2.45, 2.75) is 26.4 Å². The second-order valence-corrected chi connectivity index (χ2v) is 6.02. The summed E-state index contributed by atoms with van der Waals surface area (Å²) in [7, 11) is 0. The van der Waals surface area contributed by atoms with Gasteiger partial charge in [-0.2, -0.15) is 5.26 Å². The first-order valence-electron chi connectivity index (χ1n) is 7.59. The Labute approximate surface area is 135 Å². The van der Waals surface area contributed by atoms with Gasteiger partial charge in [0.25, 0.3) is 5.91 Å². The van der Waals surface area contributed by atoms with Gasteiger partial charge in [-0.05, 0) is 43.5 Å². The van der Waals surface area contributed by atoms with Crippen LogP contribution in [0.25, 0.3) is 0 Å². The Morgan fingerprint density at radius 3 is 2.57 bits per heavy atom. The summed E-state index contributed by atoms with van der Waals surface area (Å²) in [6, 6.07) is 8.54. The van der Waals surface area contributed by atoms with Gasteiger partial charge in [0.05, 0.1) is 17.6 Å². The first-order chi connectivity index (χ1) is 10.9. The van der Waals surface area contributed by atoms with Crippen molar-refractivity contribution in [3.63, 3.8) is 0 Å². The lowest BCUT2D eigenvalue weighted by Gasteiger charge is -2.36. The predicted octanol–water partition coefficient (Wildman–Crippen LogP) is 1.89. The molecule has 2 rings (SSSR count). The number of carboxylic acids is 1. The van der Waals surface area contributed by atoms with E-state index in [9.17, 15) is 14.7 Å². The van der Waals surface area contributed by atoms with Crippen LogP contribution in [0.5, 0.6) is 5.75 Å². The van der Waals surface area contributed by atoms with Gasteiger partial charge in [0.2, 0.25) is 0 Å². The van der Waals surface area contributed by atoms with Crippen LogP contribution in [-0.4, -0.2) is 41.1 Å². The summed E-state index contributed by atoms with van der Waals surface area (Å²) in [5.74, 6) is -0.951. The average Bonchev–Trinajstić information content (AvgIpc) is 2.54. The fourth-order valence-corrected chi connectivity index (χ4v) is 2.83. The average molecular weight is 316 g/mol. The Hall–Kier alpha value is -2.55. The highest BCUT2D eigenvalue weighted by molar-refractivity contribution is 5.82. The summed E-state index contributed by atoms with van der Waals surface area (Å²) >= 11 is 0. The predicted molar refractivity (Wildman–Crippen MR) is 82.7 cm³/mol. The standard InChI is InChI=1S/C17H20N2O4/c1-11-7-14(17(21)22)10-19(9-11)16(20)12(2)23-15-5-3-13(8-18)4-6-15/h3-6,11-12,14H,7,9-10H2,1-2H3,(H,21,22). The lowest BCUT2D eigenvalue weighted by atomic mass is 9.90. The Balaban J connectivity index is 2.00. The van der Waals surface area contributed by atoms with Gasteiger partial charge < -0.3 is 14.7 Å². The number of carbonyl (C=O) groups excluding carboxylic acids is 1. The van der Waals surface area contributed by atoms with Gasteiger partial charge in [-0.15, -0.1) is 0 Å². The molecule has 3 unspecified atom stereocenters. The number of hydrogen-bond donors (Lipinski definition) is 1. The number of amides is 1. The maximum absolute atomic E-state index is 12.5. The molecule has 6 nitrogen and oxygen atoms in total. The molecule has 1 saturated heterocycles. The highest BCUT2D eigenvalue weighted by Crippen LogP contribution is 2.23. The first kappa shape index (κ1) is 16.8. The van der Waals surface area contributed by atoms with Crippen molar-refractivity contribution in [3.05, 3.63) is 29.8 Å². The van der Waals surface area contributed by atoms with Crippen LogP contribution in [0.3, 0.4) is 0 Å². The Kier molecular flexibility index (Phi) is 5.22. The number of hydrogen-bond acceptors (Lipinski definition) is 4. The second kappa shape index (κ2) is 7.14. The summed E-state index contributed by atoms with van der Waals surface area (Å²) in [5.41, 5.74) is 0.519. The Morgan fingerprint density at radius 1 is 1.35 bits per heavy atom. The number of likely N-dealkylation sites (tertiary alicyclic amines) is 1. The SMILES string of the molecule is CC1CC(C(=O)O)CN(C(=O)C(C)Oc2ccc(C#N)cc2)C1. The van der Waals surface area contributed by atoms with Crippen molar-refractivity contribution in [1.29, 1.82) is 5.26 Å². The molecule has 1 amide bonds. The van der Waals surface area contributed by atoms with Crippen molar-refractivity contribution in [2.24, 2.45) is 11.8 Å². The zero-order valence-corrected chi connectivity index (χ0v) is 13.2. The van der Waals surface area contributed by atoms with Crippen molar-refractivity contribution in [2.75, 3.05) is 13.1 Å². The minimum Gasteiger partial charge on any atom is -0.481 e. The lowest BCUT2D eigenvalue weighted by molar-refractivity contribution is -0.149. The van der Waals surface area contributed by atoms with Gasteiger partial charge in [0, 0.05) is 13.1 Å². The van der Waals surface area contributed by atoms with E-state index in [0.717, 1.165) is 0 Å². The number of piperidine rings is 1. The van der Waals surface area contributed by atoms with Gasteiger partial charge in [-0.1, -0.05) is 6.92 Å². The van der Waals surface area contributed by atoms with E-state index < -0.39 is 18.0 Å². The lowest BCUT2D eigenvalue weighted by Crippen LogP contribution is -2.49. The minimum atomic E-state index is -0.866. The molecular formula is C17H20N2O4. The molecule has 1 aromatic rings. The quantitative estimate of drug-likeness (QED) is 0.916. The van der Waals surface area contributed by atoms with Crippen LogP contribution in [0.2, 0.25) is 0 Å². The normalized spacial score (nSPS) is 22.0. The third kappa shape index (κ3) is 4.22. The molecule has 0 bridgehead atoms. The molecule has 0 aliphatic carbocycles. The Bertz CT molecular complexity index is 620. The molecule has 122 valence electrons. The number of ether oxygens (including phenoxy) is 1. The van der Waals surface area contributed by atoms with Crippen molar-refractivity contribution in [3.8, 4) is 11.8 Å². The van der Waals surface area contributed by atoms with E-state index in [1.54, 1.807) is 36.1 Å². The number of nitriles is 1. The molecule has 1 aliphatic heterocycles. The number of aliphatic carboxylic acids is 1. The number of carbonyl (C=O) groups is 2. The number of benzene rings is 1. The third-order valence-corrected chi connectivity index (χ3v) is 3.96. The first-order valence-corrected chi connectivity index (χ1v) is 7.59.